The predicted octanol–water partition coefficient (Wildman–Crippen LogP) is 3.67. The van der Waals surface area contributed by atoms with Crippen molar-refractivity contribution in [2.75, 3.05) is 7.05 Å². The molecule has 1 amide bonds. The summed E-state index contributed by atoms with van der Waals surface area (Å²) in [6.07, 6.45) is 2.83. The van der Waals surface area contributed by atoms with Crippen LogP contribution in [-0.4, -0.2) is 28.9 Å². The van der Waals surface area contributed by atoms with E-state index in [1.807, 2.05) is 42.4 Å². The van der Waals surface area contributed by atoms with Crippen LogP contribution < -0.4 is 0 Å². The monoisotopic (exact) mass is 258 g/mol. The second kappa shape index (κ2) is 5.47. The predicted molar refractivity (Wildman–Crippen MR) is 79.3 cm³/mol. The summed E-state index contributed by atoms with van der Waals surface area (Å²) in [5.41, 5.74) is 1.77. The number of amides is 1. The molecule has 3 heteroatoms. The average Bonchev–Trinajstić information content (AvgIpc) is 2.80. The third kappa shape index (κ3) is 2.80. The number of carbonyl (C=O) groups excluding carboxylic acids is 1. The first-order chi connectivity index (χ1) is 9.00. The molecule has 3 nitrogen and oxygen atoms in total. The van der Waals surface area contributed by atoms with Crippen LogP contribution in [0.3, 0.4) is 0 Å². The van der Waals surface area contributed by atoms with Crippen LogP contribution in [0.5, 0.6) is 0 Å². The Morgan fingerprint density at radius 2 is 1.95 bits per heavy atom. The summed E-state index contributed by atoms with van der Waals surface area (Å²) in [6, 6.07) is 8.16. The van der Waals surface area contributed by atoms with E-state index in [1.54, 1.807) is 0 Å². The number of hydrogen-bond donors (Lipinski definition) is 1. The number of nitrogens with zero attached hydrogens (tertiary/aromatic N) is 1. The summed E-state index contributed by atoms with van der Waals surface area (Å²) in [5.74, 6) is 0.679. The van der Waals surface area contributed by atoms with Crippen LogP contribution in [-0.2, 0) is 0 Å². The summed E-state index contributed by atoms with van der Waals surface area (Å²) in [5, 5.41) is 0.996. The molecule has 0 bridgehead atoms. The molecule has 1 heterocycles. The minimum Gasteiger partial charge on any atom is -0.360 e. The van der Waals surface area contributed by atoms with Gasteiger partial charge in [0, 0.05) is 30.2 Å². The highest BCUT2D eigenvalue weighted by molar-refractivity contribution is 6.06. The number of rotatable bonds is 4. The van der Waals surface area contributed by atoms with Gasteiger partial charge in [-0.2, -0.15) is 0 Å². The Morgan fingerprint density at radius 3 is 2.63 bits per heavy atom. The van der Waals surface area contributed by atoms with Crippen molar-refractivity contribution < 1.29 is 4.79 Å². The van der Waals surface area contributed by atoms with E-state index in [0.717, 1.165) is 22.9 Å². The molecule has 2 rings (SSSR count). The van der Waals surface area contributed by atoms with Gasteiger partial charge in [0.1, 0.15) is 0 Å². The lowest BCUT2D eigenvalue weighted by Gasteiger charge is -2.26. The molecule has 0 fully saturated rings. The van der Waals surface area contributed by atoms with Gasteiger partial charge in [-0.1, -0.05) is 32.0 Å². The first-order valence-electron chi connectivity index (χ1n) is 6.84. The molecular formula is C16H22N2O. The van der Waals surface area contributed by atoms with Gasteiger partial charge in [-0.3, -0.25) is 4.79 Å². The molecular weight excluding hydrogens is 236 g/mol. The van der Waals surface area contributed by atoms with Gasteiger partial charge in [0.15, 0.2) is 0 Å². The van der Waals surface area contributed by atoms with E-state index in [2.05, 4.69) is 25.8 Å². The fraction of sp³-hybridized carbons (Fsp3) is 0.438. The third-order valence-electron chi connectivity index (χ3n) is 3.61. The van der Waals surface area contributed by atoms with Gasteiger partial charge in [-0.25, -0.2) is 0 Å². The molecule has 1 aromatic heterocycles. The number of aromatic amines is 1. The normalized spacial score (nSPS) is 12.9. The van der Waals surface area contributed by atoms with Crippen LogP contribution in [0.4, 0.5) is 0 Å². The number of fused-ring (bicyclic) bond motifs is 1. The van der Waals surface area contributed by atoms with Crippen molar-refractivity contribution in [3.63, 3.8) is 0 Å². The minimum absolute atomic E-state index is 0.0885. The number of carbonyl (C=O) groups is 1. The SMILES string of the molecule is CC(C)CC(C)N(C)C(=O)c1c[nH]c2ccccc12. The van der Waals surface area contributed by atoms with Crippen molar-refractivity contribution >= 4 is 16.8 Å². The molecule has 1 atom stereocenters. The number of nitrogens with one attached hydrogen (secondary N) is 1. The maximum Gasteiger partial charge on any atom is 0.256 e. The summed E-state index contributed by atoms with van der Waals surface area (Å²) in [4.78, 5) is 17.5. The Balaban J connectivity index is 2.24. The number of hydrogen-bond acceptors (Lipinski definition) is 1. The second-order valence-electron chi connectivity index (χ2n) is 5.64. The molecule has 0 spiro atoms. The van der Waals surface area contributed by atoms with E-state index in [0.29, 0.717) is 5.92 Å². The number of benzene rings is 1. The molecule has 0 saturated carbocycles. The van der Waals surface area contributed by atoms with Crippen molar-refractivity contribution in [2.45, 2.75) is 33.2 Å². The summed E-state index contributed by atoms with van der Waals surface area (Å²) >= 11 is 0. The Kier molecular flexibility index (Phi) is 3.93. The first kappa shape index (κ1) is 13.7. The van der Waals surface area contributed by atoms with Gasteiger partial charge in [-0.05, 0) is 25.3 Å². The Bertz CT molecular complexity index is 571. The van der Waals surface area contributed by atoms with E-state index >= 15 is 0 Å². The zero-order chi connectivity index (χ0) is 14.0. The number of para-hydroxylation sites is 1. The molecule has 0 aliphatic carbocycles. The second-order valence-corrected chi connectivity index (χ2v) is 5.64. The summed E-state index contributed by atoms with van der Waals surface area (Å²) in [6.45, 7) is 6.47. The lowest BCUT2D eigenvalue weighted by molar-refractivity contribution is 0.0730. The standard InChI is InChI=1S/C16H22N2O/c1-11(2)9-12(3)18(4)16(19)14-10-17-15-8-6-5-7-13(14)15/h5-8,10-12,17H,9H2,1-4H3. The van der Waals surface area contributed by atoms with Gasteiger partial charge < -0.3 is 9.88 Å². The highest BCUT2D eigenvalue weighted by Crippen LogP contribution is 2.20. The minimum atomic E-state index is 0.0885. The van der Waals surface area contributed by atoms with Crippen molar-refractivity contribution in [2.24, 2.45) is 5.92 Å². The Labute approximate surface area is 114 Å². The van der Waals surface area contributed by atoms with Crippen LogP contribution in [0, 0.1) is 5.92 Å². The zero-order valence-corrected chi connectivity index (χ0v) is 12.1. The first-order valence-corrected chi connectivity index (χ1v) is 6.84. The quantitative estimate of drug-likeness (QED) is 0.892. The Morgan fingerprint density at radius 1 is 1.26 bits per heavy atom. The third-order valence-corrected chi connectivity index (χ3v) is 3.61. The maximum atomic E-state index is 12.5. The van der Waals surface area contributed by atoms with Gasteiger partial charge in [0.2, 0.25) is 0 Å². The van der Waals surface area contributed by atoms with Crippen LogP contribution in [0.15, 0.2) is 30.5 Å². The topological polar surface area (TPSA) is 36.1 Å². The molecule has 102 valence electrons. The largest absolute Gasteiger partial charge is 0.360 e. The maximum absolute atomic E-state index is 12.5. The highest BCUT2D eigenvalue weighted by Gasteiger charge is 2.20. The number of H-pyrrole nitrogens is 1. The fourth-order valence-corrected chi connectivity index (χ4v) is 2.48. The van der Waals surface area contributed by atoms with Crippen molar-refractivity contribution in [3.05, 3.63) is 36.0 Å². The van der Waals surface area contributed by atoms with Crippen molar-refractivity contribution in [1.82, 2.24) is 9.88 Å². The lowest BCUT2D eigenvalue weighted by Crippen LogP contribution is -2.35. The lowest BCUT2D eigenvalue weighted by atomic mass is 10.0. The van der Waals surface area contributed by atoms with Crippen LogP contribution >= 0.6 is 0 Å². The van der Waals surface area contributed by atoms with Gasteiger partial charge in [0.05, 0.1) is 5.56 Å². The van der Waals surface area contributed by atoms with Gasteiger partial charge in [0.25, 0.3) is 5.91 Å². The van der Waals surface area contributed by atoms with Gasteiger partial charge >= 0.3 is 0 Å². The highest BCUT2D eigenvalue weighted by atomic mass is 16.2. The van der Waals surface area contributed by atoms with E-state index in [1.165, 1.54) is 0 Å². The van der Waals surface area contributed by atoms with Crippen molar-refractivity contribution in [1.29, 1.82) is 0 Å². The van der Waals surface area contributed by atoms with E-state index < -0.39 is 0 Å². The van der Waals surface area contributed by atoms with Crippen molar-refractivity contribution in [3.8, 4) is 0 Å². The van der Waals surface area contributed by atoms with E-state index in [-0.39, 0.29) is 11.9 Å². The Hall–Kier alpha value is -1.77. The molecule has 1 N–H and O–H groups in total. The molecule has 0 aliphatic heterocycles. The molecule has 0 saturated heterocycles. The molecule has 2 aromatic rings. The summed E-state index contributed by atoms with van der Waals surface area (Å²) in [7, 11) is 1.89. The van der Waals surface area contributed by atoms with E-state index in [4.69, 9.17) is 0 Å². The molecule has 0 aliphatic rings. The van der Waals surface area contributed by atoms with Crippen LogP contribution in [0.1, 0.15) is 37.6 Å². The average molecular weight is 258 g/mol. The molecule has 1 aromatic carbocycles. The molecule has 1 unspecified atom stereocenters. The number of aromatic nitrogens is 1. The van der Waals surface area contributed by atoms with Gasteiger partial charge in [-0.15, -0.1) is 0 Å². The molecule has 19 heavy (non-hydrogen) atoms. The smallest absolute Gasteiger partial charge is 0.256 e. The van der Waals surface area contributed by atoms with Crippen LogP contribution in [0.2, 0.25) is 0 Å². The molecule has 0 radical (unpaired) electrons. The summed E-state index contributed by atoms with van der Waals surface area (Å²) < 4.78 is 0. The zero-order valence-electron chi connectivity index (χ0n) is 12.1. The van der Waals surface area contributed by atoms with E-state index in [9.17, 15) is 4.79 Å². The van der Waals surface area contributed by atoms with Crippen LogP contribution in [0.25, 0.3) is 10.9 Å². The fourth-order valence-electron chi connectivity index (χ4n) is 2.48.